The largest absolute Gasteiger partial charge is 0.393 e. The zero-order valence-electron chi connectivity index (χ0n) is 25.7. The molecule has 232 valence electrons. The molecule has 4 aliphatic carbocycles. The summed E-state index contributed by atoms with van der Waals surface area (Å²) in [6.07, 6.45) is 8.77. The van der Waals surface area contributed by atoms with Gasteiger partial charge in [-0.2, -0.15) is 5.26 Å². The molecule has 0 spiro atoms. The fourth-order valence-corrected chi connectivity index (χ4v) is 10.8. The number of Topliss-reactive ketones (excluding diaryl/α,β-unsaturated/α-hetero) is 1. The number of aromatic nitrogens is 2. The van der Waals surface area contributed by atoms with Crippen LogP contribution < -0.4 is 0 Å². The minimum Gasteiger partial charge on any atom is -0.393 e. The average Bonchev–Trinajstić information content (AvgIpc) is 3.62. The van der Waals surface area contributed by atoms with Crippen LogP contribution in [0, 0.1) is 39.9 Å². The van der Waals surface area contributed by atoms with Gasteiger partial charge in [0.2, 0.25) is 0 Å². The Labute approximate surface area is 262 Å². The highest BCUT2D eigenvalue weighted by Gasteiger charge is 2.75. The summed E-state index contributed by atoms with van der Waals surface area (Å²) < 4.78 is 15.4. The molecule has 2 heterocycles. The molecule has 9 heteroatoms. The van der Waals surface area contributed by atoms with E-state index in [0.29, 0.717) is 31.0 Å². The fourth-order valence-electron chi connectivity index (χ4n) is 9.78. The van der Waals surface area contributed by atoms with Crippen LogP contribution in [0.3, 0.4) is 0 Å². The number of aliphatic hydroxyl groups excluding tert-OH is 1. The number of imidazole rings is 1. The summed E-state index contributed by atoms with van der Waals surface area (Å²) in [5, 5.41) is 22.0. The van der Waals surface area contributed by atoms with E-state index >= 15 is 0 Å². The maximum absolute atomic E-state index is 14.7. The summed E-state index contributed by atoms with van der Waals surface area (Å²) in [6.45, 7) is 6.92. The Kier molecular flexibility index (Phi) is 7.44. The molecule has 1 aromatic carbocycles. The fraction of sp³-hybridized carbons (Fsp3) is 0.600. The van der Waals surface area contributed by atoms with E-state index in [9.17, 15) is 20.0 Å². The van der Waals surface area contributed by atoms with Crippen molar-refractivity contribution in [2.75, 3.05) is 5.75 Å². The van der Waals surface area contributed by atoms with Crippen molar-refractivity contribution in [1.29, 1.82) is 5.26 Å². The van der Waals surface area contributed by atoms with Crippen molar-refractivity contribution in [3.05, 3.63) is 48.1 Å². The molecular formula is C35H41N3O5S. The minimum atomic E-state index is -1.16. The lowest BCUT2D eigenvalue weighted by Crippen LogP contribution is -2.63. The molecule has 9 atom stereocenters. The van der Waals surface area contributed by atoms with Gasteiger partial charge in [-0.15, -0.1) is 0 Å². The number of aliphatic hydroxyl groups is 1. The maximum atomic E-state index is 14.7. The number of fused-ring (bicyclic) bond motifs is 8. The standard InChI is InChI=1S/C35H41N3O5S/c1-4-8-30-42-29-18-24-23-12-11-21-17-22(39)13-14-33(21,2)31(23)27(40)19-34(24,3)35(29,43-30)28(41)20-44-32-37-25-9-5-6-10-26(25)38(32)16-7-15-36/h5-6,9-10,13-14,17,23-24,27,29-31,40H,4,7-8,11-12,16,18-20H2,1-3H3/t23?,24?,27-,29-,30+,31?,33?,34?,35+/m0/s1. The number of hydrogen-bond donors (Lipinski definition) is 1. The number of ether oxygens (including phenoxy) is 2. The van der Waals surface area contributed by atoms with E-state index in [1.807, 2.05) is 34.9 Å². The predicted molar refractivity (Wildman–Crippen MR) is 166 cm³/mol. The molecule has 2 aromatic rings. The number of nitriles is 1. The summed E-state index contributed by atoms with van der Waals surface area (Å²) in [5.74, 6) is 0.466. The van der Waals surface area contributed by atoms with Crippen LogP contribution in [0.15, 0.2) is 53.2 Å². The lowest BCUT2D eigenvalue weighted by molar-refractivity contribution is -0.197. The number of hydrogen-bond acceptors (Lipinski definition) is 8. The normalized spacial score (nSPS) is 38.9. The van der Waals surface area contributed by atoms with E-state index in [-0.39, 0.29) is 46.6 Å². The Balaban J connectivity index is 1.22. The lowest BCUT2D eigenvalue weighted by atomic mass is 9.46. The zero-order chi connectivity index (χ0) is 30.9. The lowest BCUT2D eigenvalue weighted by Gasteiger charge is -2.59. The van der Waals surface area contributed by atoms with Crippen molar-refractivity contribution in [2.24, 2.45) is 28.6 Å². The first-order chi connectivity index (χ1) is 21.2. The Morgan fingerprint density at radius 1 is 1.30 bits per heavy atom. The van der Waals surface area contributed by atoms with Crippen LogP contribution in [0.2, 0.25) is 0 Å². The molecule has 0 bridgehead atoms. The summed E-state index contributed by atoms with van der Waals surface area (Å²) in [7, 11) is 0. The third kappa shape index (κ3) is 4.24. The highest BCUT2D eigenvalue weighted by molar-refractivity contribution is 7.99. The second-order valence-electron chi connectivity index (χ2n) is 13.8. The zero-order valence-corrected chi connectivity index (χ0v) is 26.5. The number of ketones is 2. The van der Waals surface area contributed by atoms with Gasteiger partial charge in [0.05, 0.1) is 41.5 Å². The number of para-hydroxylation sites is 2. The van der Waals surface area contributed by atoms with E-state index in [1.54, 1.807) is 12.2 Å². The number of nitrogens with zero attached hydrogens (tertiary/aromatic N) is 3. The molecule has 1 aromatic heterocycles. The summed E-state index contributed by atoms with van der Waals surface area (Å²) >= 11 is 1.40. The SMILES string of the molecule is CCC[C@@H]1O[C@H]2CC3C4CCC5=CC(=O)C=CC5(C)C4[C@@H](O)CC3(C)[C@]2(C(=O)CSc2nc3ccccc3n2CCC#N)O1. The van der Waals surface area contributed by atoms with Crippen LogP contribution in [-0.2, 0) is 25.6 Å². The maximum Gasteiger partial charge on any atom is 0.178 e. The van der Waals surface area contributed by atoms with Gasteiger partial charge in [-0.1, -0.05) is 62.7 Å². The Morgan fingerprint density at radius 3 is 2.91 bits per heavy atom. The molecule has 0 radical (unpaired) electrons. The van der Waals surface area contributed by atoms with Crippen LogP contribution in [0.25, 0.3) is 11.0 Å². The summed E-state index contributed by atoms with van der Waals surface area (Å²) in [4.78, 5) is 31.8. The van der Waals surface area contributed by atoms with Gasteiger partial charge in [-0.05, 0) is 68.2 Å². The Hall–Kier alpha value is -2.77. The number of carbonyl (C=O) groups is 2. The molecule has 1 N–H and O–H groups in total. The second-order valence-corrected chi connectivity index (χ2v) is 14.7. The smallest absolute Gasteiger partial charge is 0.178 e. The van der Waals surface area contributed by atoms with Crippen LogP contribution in [0.1, 0.15) is 65.7 Å². The molecule has 4 fully saturated rings. The first-order valence-electron chi connectivity index (χ1n) is 16.1. The van der Waals surface area contributed by atoms with Gasteiger partial charge in [0.1, 0.15) is 0 Å². The van der Waals surface area contributed by atoms with Crippen LogP contribution in [0.4, 0.5) is 0 Å². The summed E-state index contributed by atoms with van der Waals surface area (Å²) in [5.41, 5.74) is 0.762. The van der Waals surface area contributed by atoms with Crippen molar-refractivity contribution in [2.45, 2.75) is 102 Å². The molecule has 1 saturated heterocycles. The van der Waals surface area contributed by atoms with E-state index in [2.05, 4.69) is 26.8 Å². The van der Waals surface area contributed by atoms with Crippen molar-refractivity contribution < 1.29 is 24.2 Å². The van der Waals surface area contributed by atoms with Crippen molar-refractivity contribution >= 4 is 34.4 Å². The van der Waals surface area contributed by atoms with Crippen LogP contribution in [0.5, 0.6) is 0 Å². The van der Waals surface area contributed by atoms with Gasteiger partial charge in [0.15, 0.2) is 28.6 Å². The minimum absolute atomic E-state index is 0.00796. The Bertz CT molecular complexity index is 1610. The first kappa shape index (κ1) is 29.9. The van der Waals surface area contributed by atoms with Gasteiger partial charge < -0.3 is 19.1 Å². The van der Waals surface area contributed by atoms with Gasteiger partial charge in [0.25, 0.3) is 0 Å². The molecule has 5 unspecified atom stereocenters. The predicted octanol–water partition coefficient (Wildman–Crippen LogP) is 5.78. The monoisotopic (exact) mass is 615 g/mol. The number of thioether (sulfide) groups is 1. The number of benzene rings is 1. The highest BCUT2D eigenvalue weighted by atomic mass is 32.2. The molecule has 7 rings (SSSR count). The first-order valence-corrected chi connectivity index (χ1v) is 17.1. The topological polar surface area (TPSA) is 114 Å². The van der Waals surface area contributed by atoms with Gasteiger partial charge in [-0.25, -0.2) is 4.98 Å². The molecule has 0 amide bonds. The average molecular weight is 616 g/mol. The second kappa shape index (κ2) is 10.9. The van der Waals surface area contributed by atoms with Crippen molar-refractivity contribution in [1.82, 2.24) is 9.55 Å². The van der Waals surface area contributed by atoms with E-state index in [4.69, 9.17) is 14.5 Å². The number of carbonyl (C=O) groups excluding carboxylic acids is 2. The third-order valence-electron chi connectivity index (χ3n) is 11.6. The third-order valence-corrected chi connectivity index (χ3v) is 12.6. The molecule has 5 aliphatic rings. The van der Waals surface area contributed by atoms with Gasteiger partial charge in [-0.3, -0.25) is 9.59 Å². The van der Waals surface area contributed by atoms with Gasteiger partial charge >= 0.3 is 0 Å². The van der Waals surface area contributed by atoms with Crippen LogP contribution in [-0.4, -0.2) is 56.1 Å². The molecule has 8 nitrogen and oxygen atoms in total. The quantitative estimate of drug-likeness (QED) is 0.372. The molecular weight excluding hydrogens is 574 g/mol. The molecule has 1 aliphatic heterocycles. The van der Waals surface area contributed by atoms with Crippen molar-refractivity contribution in [3.63, 3.8) is 0 Å². The number of allylic oxidation sites excluding steroid dienone is 4. The number of rotatable bonds is 8. The Morgan fingerprint density at radius 2 is 2.11 bits per heavy atom. The van der Waals surface area contributed by atoms with Crippen molar-refractivity contribution in [3.8, 4) is 6.07 Å². The van der Waals surface area contributed by atoms with Gasteiger partial charge in [0, 0.05) is 23.3 Å². The summed E-state index contributed by atoms with van der Waals surface area (Å²) in [6, 6.07) is 10.1. The van der Waals surface area contributed by atoms with Crippen LogP contribution >= 0.6 is 11.8 Å². The number of aryl methyl sites for hydroxylation is 1. The molecule has 44 heavy (non-hydrogen) atoms. The highest BCUT2D eigenvalue weighted by Crippen LogP contribution is 2.69. The van der Waals surface area contributed by atoms with E-state index in [0.717, 1.165) is 42.3 Å². The molecule has 3 saturated carbocycles. The van der Waals surface area contributed by atoms with E-state index in [1.165, 1.54) is 11.8 Å². The van der Waals surface area contributed by atoms with E-state index < -0.39 is 23.4 Å².